The zero-order chi connectivity index (χ0) is 11.4. The van der Waals surface area contributed by atoms with Gasteiger partial charge in [-0.1, -0.05) is 83.3 Å². The van der Waals surface area contributed by atoms with Crippen LogP contribution in [-0.2, 0) is 5.04 Å². The lowest BCUT2D eigenvalue weighted by molar-refractivity contribution is 0.849. The summed E-state index contributed by atoms with van der Waals surface area (Å²) < 4.78 is 1.14. The molecule has 0 nitrogen and oxygen atoms in total. The third-order valence-corrected chi connectivity index (χ3v) is 7.56. The number of benzene rings is 2. The molecule has 0 radical (unpaired) electrons. The molecule has 0 saturated heterocycles. The summed E-state index contributed by atoms with van der Waals surface area (Å²) in [6.07, 6.45) is 0. The Hall–Kier alpha value is -0.613. The molecule has 0 unspecified atom stereocenters. The highest BCUT2D eigenvalue weighted by Crippen LogP contribution is 2.30. The summed E-state index contributed by atoms with van der Waals surface area (Å²) in [5.74, 6) is 0. The standard InChI is InChI=1S/C14H15ISi/c15-11-14(16,12-7-3-1-4-8-12)13-9-5-2-6-10-13/h1-10H,11H2,16H3. The maximum Gasteiger partial charge on any atom is 0.0228 e. The van der Waals surface area contributed by atoms with E-state index in [0.29, 0.717) is 0 Å². The molecule has 0 aromatic heterocycles. The van der Waals surface area contributed by atoms with E-state index in [2.05, 4.69) is 83.3 Å². The highest BCUT2D eigenvalue weighted by molar-refractivity contribution is 14.1. The summed E-state index contributed by atoms with van der Waals surface area (Å²) in [6, 6.07) is 21.7. The van der Waals surface area contributed by atoms with Crippen molar-refractivity contribution in [2.45, 2.75) is 5.04 Å². The largest absolute Gasteiger partial charge is 0.0854 e. The molecule has 0 fully saturated rings. The highest BCUT2D eigenvalue weighted by Gasteiger charge is 2.26. The molecule has 16 heavy (non-hydrogen) atoms. The molecule has 0 aliphatic heterocycles. The lowest BCUT2D eigenvalue weighted by atomic mass is 9.92. The molecular weight excluding hydrogens is 323 g/mol. The van der Waals surface area contributed by atoms with Crippen LogP contribution in [0.3, 0.4) is 0 Å². The average molecular weight is 338 g/mol. The molecular formula is C14H15ISi. The zero-order valence-electron chi connectivity index (χ0n) is 9.36. The van der Waals surface area contributed by atoms with Crippen LogP contribution in [-0.4, -0.2) is 14.7 Å². The molecule has 2 rings (SSSR count). The molecule has 82 valence electrons. The maximum absolute atomic E-state index is 2.51. The van der Waals surface area contributed by atoms with Gasteiger partial charge < -0.3 is 0 Å². The Morgan fingerprint density at radius 2 is 1.19 bits per heavy atom. The Bertz CT molecular complexity index is 399. The van der Waals surface area contributed by atoms with E-state index in [1.54, 1.807) is 0 Å². The van der Waals surface area contributed by atoms with Crippen molar-refractivity contribution >= 4 is 32.8 Å². The van der Waals surface area contributed by atoms with Gasteiger partial charge in [0.15, 0.2) is 0 Å². The first-order valence-corrected chi connectivity index (χ1v) is 7.97. The van der Waals surface area contributed by atoms with E-state index in [1.807, 2.05) is 0 Å². The van der Waals surface area contributed by atoms with Crippen molar-refractivity contribution in [1.82, 2.24) is 0 Å². The predicted octanol–water partition coefficient (Wildman–Crippen LogP) is 2.73. The van der Waals surface area contributed by atoms with Gasteiger partial charge in [0.1, 0.15) is 0 Å². The van der Waals surface area contributed by atoms with E-state index in [0.717, 1.165) is 14.7 Å². The van der Waals surface area contributed by atoms with E-state index in [1.165, 1.54) is 11.1 Å². The van der Waals surface area contributed by atoms with Crippen LogP contribution in [0.1, 0.15) is 11.1 Å². The van der Waals surface area contributed by atoms with Gasteiger partial charge in [0.05, 0.1) is 0 Å². The van der Waals surface area contributed by atoms with Crippen molar-refractivity contribution in [3.05, 3.63) is 71.8 Å². The lowest BCUT2D eigenvalue weighted by Crippen LogP contribution is -2.29. The molecule has 2 heteroatoms. The van der Waals surface area contributed by atoms with Gasteiger partial charge in [-0.3, -0.25) is 0 Å². The lowest BCUT2D eigenvalue weighted by Gasteiger charge is -2.28. The molecule has 0 bridgehead atoms. The van der Waals surface area contributed by atoms with Gasteiger partial charge in [-0.2, -0.15) is 0 Å². The maximum atomic E-state index is 2.51. The first-order chi connectivity index (χ1) is 7.77. The number of alkyl halides is 1. The van der Waals surface area contributed by atoms with Crippen molar-refractivity contribution in [2.75, 3.05) is 4.43 Å². The van der Waals surface area contributed by atoms with Gasteiger partial charge >= 0.3 is 0 Å². The minimum absolute atomic E-state index is 0.253. The summed E-state index contributed by atoms with van der Waals surface area (Å²) >= 11 is 2.51. The van der Waals surface area contributed by atoms with Crippen LogP contribution < -0.4 is 0 Å². The summed E-state index contributed by atoms with van der Waals surface area (Å²) in [5.41, 5.74) is 2.89. The molecule has 0 amide bonds. The zero-order valence-corrected chi connectivity index (χ0v) is 13.5. The van der Waals surface area contributed by atoms with Gasteiger partial charge in [-0.05, 0) is 11.1 Å². The molecule has 0 heterocycles. The third-order valence-electron chi connectivity index (χ3n) is 3.09. The second kappa shape index (κ2) is 5.14. The van der Waals surface area contributed by atoms with Crippen LogP contribution in [0, 0.1) is 0 Å². The van der Waals surface area contributed by atoms with Gasteiger partial charge in [-0.25, -0.2) is 0 Å². The van der Waals surface area contributed by atoms with Crippen LogP contribution in [0.25, 0.3) is 0 Å². The smallest absolute Gasteiger partial charge is 0.0228 e. The fourth-order valence-corrected chi connectivity index (χ4v) is 3.48. The fourth-order valence-electron chi connectivity index (χ4n) is 1.93. The molecule has 2 aromatic rings. The average Bonchev–Trinajstić information content (AvgIpc) is 2.40. The molecule has 0 atom stereocenters. The van der Waals surface area contributed by atoms with Gasteiger partial charge in [0, 0.05) is 19.7 Å². The SMILES string of the molecule is [SiH3]C(CI)(c1ccccc1)c1ccccc1. The second-order valence-corrected chi connectivity index (χ2v) is 6.67. The fraction of sp³-hybridized carbons (Fsp3) is 0.143. The number of hydrogen-bond acceptors (Lipinski definition) is 0. The number of hydrogen-bond donors (Lipinski definition) is 0. The van der Waals surface area contributed by atoms with Crippen molar-refractivity contribution in [2.24, 2.45) is 0 Å². The van der Waals surface area contributed by atoms with Gasteiger partial charge in [0.25, 0.3) is 0 Å². The van der Waals surface area contributed by atoms with Crippen LogP contribution in [0.4, 0.5) is 0 Å². The molecule has 2 aromatic carbocycles. The summed E-state index contributed by atoms with van der Waals surface area (Å²) in [7, 11) is 1.14. The van der Waals surface area contributed by atoms with Crippen molar-refractivity contribution in [3.8, 4) is 0 Å². The molecule has 0 saturated carbocycles. The van der Waals surface area contributed by atoms with Crippen molar-refractivity contribution < 1.29 is 0 Å². The predicted molar refractivity (Wildman–Crippen MR) is 82.5 cm³/mol. The molecule has 0 spiro atoms. The third kappa shape index (κ3) is 2.22. The summed E-state index contributed by atoms with van der Waals surface area (Å²) in [4.78, 5) is 0. The van der Waals surface area contributed by atoms with Crippen LogP contribution in [0.2, 0.25) is 0 Å². The number of rotatable bonds is 3. The Balaban J connectivity index is 2.49. The second-order valence-electron chi connectivity index (χ2n) is 4.20. The Morgan fingerprint density at radius 3 is 1.50 bits per heavy atom. The Labute approximate surface area is 114 Å². The first kappa shape index (κ1) is 11.9. The normalized spacial score (nSPS) is 11.6. The van der Waals surface area contributed by atoms with Gasteiger partial charge in [0.2, 0.25) is 0 Å². The Morgan fingerprint density at radius 1 is 0.812 bits per heavy atom. The minimum atomic E-state index is 0.253. The monoisotopic (exact) mass is 338 g/mol. The summed E-state index contributed by atoms with van der Waals surface area (Å²) in [6.45, 7) is 0. The number of halogens is 1. The van der Waals surface area contributed by atoms with E-state index < -0.39 is 0 Å². The van der Waals surface area contributed by atoms with E-state index in [-0.39, 0.29) is 5.04 Å². The van der Waals surface area contributed by atoms with Gasteiger partial charge in [-0.15, -0.1) is 0 Å². The molecule has 0 aliphatic rings. The van der Waals surface area contributed by atoms with E-state index in [9.17, 15) is 0 Å². The molecule has 0 aliphatic carbocycles. The minimum Gasteiger partial charge on any atom is -0.0854 e. The first-order valence-electron chi connectivity index (χ1n) is 5.44. The Kier molecular flexibility index (Phi) is 3.81. The quantitative estimate of drug-likeness (QED) is 0.459. The van der Waals surface area contributed by atoms with Crippen LogP contribution >= 0.6 is 22.6 Å². The highest BCUT2D eigenvalue weighted by atomic mass is 127. The van der Waals surface area contributed by atoms with Crippen LogP contribution in [0.15, 0.2) is 60.7 Å². The van der Waals surface area contributed by atoms with E-state index >= 15 is 0 Å². The summed E-state index contributed by atoms with van der Waals surface area (Å²) in [5, 5.41) is 0.253. The van der Waals surface area contributed by atoms with Crippen LogP contribution in [0.5, 0.6) is 0 Å². The van der Waals surface area contributed by atoms with E-state index in [4.69, 9.17) is 0 Å². The topological polar surface area (TPSA) is 0 Å². The van der Waals surface area contributed by atoms with Crippen molar-refractivity contribution in [1.29, 1.82) is 0 Å². The van der Waals surface area contributed by atoms with Crippen molar-refractivity contribution in [3.63, 3.8) is 0 Å². The molecule has 0 N–H and O–H groups in total.